The fourth-order valence-corrected chi connectivity index (χ4v) is 5.11. The zero-order valence-electron chi connectivity index (χ0n) is 13.8. The van der Waals surface area contributed by atoms with Gasteiger partial charge in [0, 0.05) is 13.1 Å². The predicted octanol–water partition coefficient (Wildman–Crippen LogP) is 1.97. The maximum Gasteiger partial charge on any atom is 0.335 e. The molecule has 1 aliphatic rings. The number of nitrogens with zero attached hydrogens (tertiary/aromatic N) is 3. The molecule has 2 aromatic rings. The number of benzene rings is 1. The minimum Gasteiger partial charge on any atom is -0.478 e. The summed E-state index contributed by atoms with van der Waals surface area (Å²) in [5.74, 6) is -1.02. The van der Waals surface area contributed by atoms with Crippen molar-refractivity contribution >= 4 is 21.7 Å². The van der Waals surface area contributed by atoms with E-state index < -0.39 is 16.0 Å². The van der Waals surface area contributed by atoms with Crippen LogP contribution >= 0.6 is 0 Å². The van der Waals surface area contributed by atoms with E-state index in [0.717, 1.165) is 5.56 Å². The van der Waals surface area contributed by atoms with Gasteiger partial charge in [-0.25, -0.2) is 13.2 Å². The Morgan fingerprint density at radius 2 is 2.04 bits per heavy atom. The van der Waals surface area contributed by atoms with Gasteiger partial charge in [0.25, 0.3) is 10.0 Å². The maximum atomic E-state index is 13.1. The van der Waals surface area contributed by atoms with Crippen LogP contribution in [0.1, 0.15) is 34.2 Å². The number of carboxylic acid groups (broad SMARTS) is 1. The van der Waals surface area contributed by atoms with Crippen molar-refractivity contribution in [3.05, 3.63) is 40.7 Å². The number of aryl methyl sites for hydroxylation is 2. The largest absolute Gasteiger partial charge is 0.478 e. The summed E-state index contributed by atoms with van der Waals surface area (Å²) < 4.78 is 29.3. The molecule has 0 unspecified atom stereocenters. The Morgan fingerprint density at radius 3 is 2.62 bits per heavy atom. The van der Waals surface area contributed by atoms with Crippen LogP contribution in [0.15, 0.2) is 23.1 Å². The van der Waals surface area contributed by atoms with Crippen molar-refractivity contribution in [3.63, 3.8) is 0 Å². The Bertz CT molecular complexity index is 931. The number of anilines is 1. The lowest BCUT2D eigenvalue weighted by molar-refractivity contribution is 0.0697. The number of fused-ring (bicyclic) bond motifs is 1. The summed E-state index contributed by atoms with van der Waals surface area (Å²) in [6.45, 7) is 6.25. The molecule has 0 fully saturated rings. The molecule has 3 rings (SSSR count). The summed E-state index contributed by atoms with van der Waals surface area (Å²) in [7, 11) is -3.73. The Hall–Kier alpha value is -2.35. The lowest BCUT2D eigenvalue weighted by Gasteiger charge is -2.20. The first kappa shape index (κ1) is 16.5. The number of aromatic nitrogens is 2. The van der Waals surface area contributed by atoms with E-state index in [0.29, 0.717) is 36.6 Å². The SMILES string of the molecule is CCn1nc(C)c(S(=O)(=O)N2CCc3cc(C(=O)O)ccc32)c1C. The summed E-state index contributed by atoms with van der Waals surface area (Å²) in [6, 6.07) is 4.55. The van der Waals surface area contributed by atoms with E-state index in [1.165, 1.54) is 10.4 Å². The highest BCUT2D eigenvalue weighted by Gasteiger charge is 2.35. The molecule has 0 atom stereocenters. The number of carboxylic acids is 1. The van der Waals surface area contributed by atoms with Gasteiger partial charge in [0.05, 0.1) is 22.6 Å². The van der Waals surface area contributed by atoms with Gasteiger partial charge in [0.1, 0.15) is 4.90 Å². The van der Waals surface area contributed by atoms with Crippen LogP contribution in [0.4, 0.5) is 5.69 Å². The molecule has 0 radical (unpaired) electrons. The first-order valence-corrected chi connectivity index (χ1v) is 9.14. The minimum absolute atomic E-state index is 0.166. The number of sulfonamides is 1. The summed E-state index contributed by atoms with van der Waals surface area (Å²) in [5.41, 5.74) is 2.54. The second-order valence-electron chi connectivity index (χ2n) is 5.79. The molecule has 0 saturated carbocycles. The average molecular weight is 349 g/mol. The Labute approximate surface area is 140 Å². The molecule has 0 amide bonds. The van der Waals surface area contributed by atoms with Crippen LogP contribution in [0, 0.1) is 13.8 Å². The van der Waals surface area contributed by atoms with Gasteiger partial charge in [-0.15, -0.1) is 0 Å². The van der Waals surface area contributed by atoms with Crippen LogP contribution in [-0.4, -0.2) is 35.8 Å². The summed E-state index contributed by atoms with van der Waals surface area (Å²) in [4.78, 5) is 11.3. The molecule has 1 N–H and O–H groups in total. The first-order chi connectivity index (χ1) is 11.3. The molecule has 8 heteroatoms. The molecule has 1 aromatic heterocycles. The molecule has 1 aromatic carbocycles. The van der Waals surface area contributed by atoms with Crippen molar-refractivity contribution in [3.8, 4) is 0 Å². The highest BCUT2D eigenvalue weighted by atomic mass is 32.2. The van der Waals surface area contributed by atoms with Gasteiger partial charge < -0.3 is 5.11 Å². The third kappa shape index (κ3) is 2.37. The molecule has 0 bridgehead atoms. The van der Waals surface area contributed by atoms with Gasteiger partial charge >= 0.3 is 5.97 Å². The van der Waals surface area contributed by atoms with Crippen molar-refractivity contribution < 1.29 is 18.3 Å². The van der Waals surface area contributed by atoms with Crippen molar-refractivity contribution in [2.75, 3.05) is 10.8 Å². The second kappa shape index (κ2) is 5.62. The first-order valence-electron chi connectivity index (χ1n) is 7.70. The normalized spacial score (nSPS) is 14.0. The number of aromatic carboxylic acids is 1. The van der Waals surface area contributed by atoms with E-state index in [4.69, 9.17) is 5.11 Å². The van der Waals surface area contributed by atoms with Crippen LogP contribution < -0.4 is 4.31 Å². The molecule has 7 nitrogen and oxygen atoms in total. The second-order valence-corrected chi connectivity index (χ2v) is 7.59. The van der Waals surface area contributed by atoms with Crippen molar-refractivity contribution in [2.24, 2.45) is 0 Å². The van der Waals surface area contributed by atoms with Gasteiger partial charge in [-0.1, -0.05) is 0 Å². The highest BCUT2D eigenvalue weighted by molar-refractivity contribution is 7.93. The van der Waals surface area contributed by atoms with E-state index in [1.54, 1.807) is 30.7 Å². The zero-order valence-corrected chi connectivity index (χ0v) is 14.6. The van der Waals surface area contributed by atoms with E-state index in [2.05, 4.69) is 5.10 Å². The van der Waals surface area contributed by atoms with Crippen molar-refractivity contribution in [2.45, 2.75) is 38.6 Å². The topological polar surface area (TPSA) is 92.5 Å². The molecular weight excluding hydrogens is 330 g/mol. The van der Waals surface area contributed by atoms with Crippen LogP contribution in [0.5, 0.6) is 0 Å². The van der Waals surface area contributed by atoms with E-state index in [1.807, 2.05) is 6.92 Å². The van der Waals surface area contributed by atoms with Gasteiger partial charge in [-0.2, -0.15) is 5.10 Å². The number of hydrogen-bond acceptors (Lipinski definition) is 4. The third-order valence-corrected chi connectivity index (χ3v) is 6.41. The lowest BCUT2D eigenvalue weighted by Crippen LogP contribution is -2.30. The zero-order chi connectivity index (χ0) is 17.6. The summed E-state index contributed by atoms with van der Waals surface area (Å²) in [6.07, 6.45) is 0.496. The Kier molecular flexibility index (Phi) is 3.87. The molecule has 0 aliphatic carbocycles. The Balaban J connectivity index is 2.09. The summed E-state index contributed by atoms with van der Waals surface area (Å²) in [5, 5.41) is 13.4. The number of hydrogen-bond donors (Lipinski definition) is 1. The highest BCUT2D eigenvalue weighted by Crippen LogP contribution is 2.35. The molecule has 128 valence electrons. The maximum absolute atomic E-state index is 13.1. The number of carbonyl (C=O) groups is 1. The molecule has 0 spiro atoms. The van der Waals surface area contributed by atoms with Gasteiger partial charge in [0.2, 0.25) is 0 Å². The Morgan fingerprint density at radius 1 is 1.33 bits per heavy atom. The minimum atomic E-state index is -3.73. The molecule has 0 saturated heterocycles. The van der Waals surface area contributed by atoms with Crippen LogP contribution in [0.3, 0.4) is 0 Å². The van der Waals surface area contributed by atoms with E-state index >= 15 is 0 Å². The van der Waals surface area contributed by atoms with Gasteiger partial charge in [0.15, 0.2) is 0 Å². The number of rotatable bonds is 4. The van der Waals surface area contributed by atoms with Crippen LogP contribution in [-0.2, 0) is 23.0 Å². The van der Waals surface area contributed by atoms with Crippen molar-refractivity contribution in [1.82, 2.24) is 9.78 Å². The van der Waals surface area contributed by atoms with Crippen molar-refractivity contribution in [1.29, 1.82) is 0 Å². The van der Waals surface area contributed by atoms with Crippen LogP contribution in [0.2, 0.25) is 0 Å². The fourth-order valence-electron chi connectivity index (χ4n) is 3.23. The van der Waals surface area contributed by atoms with E-state index in [9.17, 15) is 13.2 Å². The van der Waals surface area contributed by atoms with E-state index in [-0.39, 0.29) is 10.5 Å². The third-order valence-electron chi connectivity index (χ3n) is 4.34. The monoisotopic (exact) mass is 349 g/mol. The van der Waals surface area contributed by atoms with Gasteiger partial charge in [-0.3, -0.25) is 8.99 Å². The standard InChI is InChI=1S/C16H19N3O4S/c1-4-18-11(3)15(10(2)17-18)24(22,23)19-8-7-12-9-13(16(20)21)5-6-14(12)19/h5-6,9H,4,7-8H2,1-3H3,(H,20,21). The average Bonchev–Trinajstić information content (AvgIpc) is 3.07. The summed E-state index contributed by atoms with van der Waals surface area (Å²) >= 11 is 0. The lowest BCUT2D eigenvalue weighted by atomic mass is 10.1. The quantitative estimate of drug-likeness (QED) is 0.911. The predicted molar refractivity (Wildman–Crippen MR) is 89.0 cm³/mol. The van der Waals surface area contributed by atoms with Gasteiger partial charge in [-0.05, 0) is 51.0 Å². The smallest absolute Gasteiger partial charge is 0.335 e. The molecular formula is C16H19N3O4S. The molecule has 1 aliphatic heterocycles. The molecule has 2 heterocycles. The fraction of sp³-hybridized carbons (Fsp3) is 0.375. The molecule has 24 heavy (non-hydrogen) atoms. The van der Waals surface area contributed by atoms with Crippen LogP contribution in [0.25, 0.3) is 0 Å².